The van der Waals surface area contributed by atoms with Crippen LogP contribution in [0.15, 0.2) is 29.8 Å². The molecule has 0 aromatic heterocycles. The molecule has 1 aliphatic carbocycles. The van der Waals surface area contributed by atoms with Crippen LogP contribution >= 0.6 is 11.6 Å². The van der Waals surface area contributed by atoms with Gasteiger partial charge >= 0.3 is 0 Å². The second kappa shape index (κ2) is 8.83. The quantitative estimate of drug-likeness (QED) is 0.319. The highest BCUT2D eigenvalue weighted by Gasteiger charge is 2.27. The third-order valence-electron chi connectivity index (χ3n) is 3.85. The van der Waals surface area contributed by atoms with Crippen LogP contribution in [0.3, 0.4) is 0 Å². The van der Waals surface area contributed by atoms with E-state index >= 15 is 0 Å². The number of ether oxygens (including phenoxy) is 1. The maximum Gasteiger partial charge on any atom is 0.293 e. The van der Waals surface area contributed by atoms with Gasteiger partial charge in [-0.3, -0.25) is 13.3 Å². The molecule has 0 spiro atoms. The highest BCUT2D eigenvalue weighted by molar-refractivity contribution is 7.80. The molecule has 0 amide bonds. The monoisotopic (exact) mass is 367 g/mol. The van der Waals surface area contributed by atoms with Crippen LogP contribution in [0.1, 0.15) is 31.2 Å². The van der Waals surface area contributed by atoms with E-state index in [9.17, 15) is 13.6 Å². The van der Waals surface area contributed by atoms with Crippen molar-refractivity contribution < 1.29 is 18.3 Å². The number of halogens is 1. The van der Waals surface area contributed by atoms with Gasteiger partial charge in [-0.1, -0.05) is 17.7 Å². The van der Waals surface area contributed by atoms with E-state index in [-0.39, 0.29) is 17.7 Å². The summed E-state index contributed by atoms with van der Waals surface area (Å²) in [5.41, 5.74) is 1.59. The molecule has 0 N–H and O–H groups in total. The maximum atomic E-state index is 11.9. The van der Waals surface area contributed by atoms with E-state index < -0.39 is 11.3 Å². The molecule has 6 nitrogen and oxygen atoms in total. The Kier molecular flexibility index (Phi) is 6.79. The first kappa shape index (κ1) is 18.5. The highest BCUT2D eigenvalue weighted by atomic mass is 35.5. The van der Waals surface area contributed by atoms with Gasteiger partial charge in [-0.25, -0.2) is 0 Å². The van der Waals surface area contributed by atoms with E-state index in [1.54, 1.807) is 0 Å². The number of hydrogen-bond acceptors (Lipinski definition) is 5. The lowest BCUT2D eigenvalue weighted by Gasteiger charge is -2.38. The molecular weight excluding hydrogens is 352 g/mol. The second-order valence-electron chi connectivity index (χ2n) is 5.26. The fourth-order valence-corrected chi connectivity index (χ4v) is 3.88. The van der Waals surface area contributed by atoms with Gasteiger partial charge in [0, 0.05) is 17.7 Å². The molecule has 128 valence electrons. The number of rotatable bonds is 7. The zero-order valence-corrected chi connectivity index (χ0v) is 14.4. The van der Waals surface area contributed by atoms with E-state index in [1.807, 2.05) is 12.1 Å². The molecule has 2 unspecified atom stereocenters. The Balaban J connectivity index is 2.33. The molecule has 2 atom stereocenters. The van der Waals surface area contributed by atoms with E-state index in [4.69, 9.17) is 21.6 Å². The van der Waals surface area contributed by atoms with Crippen LogP contribution in [-0.2, 0) is 20.8 Å². The summed E-state index contributed by atoms with van der Waals surface area (Å²) in [6, 6.07) is 6.10. The molecule has 2 rings (SSSR count). The lowest BCUT2D eigenvalue weighted by atomic mass is 9.91. The molecule has 1 aromatic rings. The van der Waals surface area contributed by atoms with Crippen LogP contribution in [0, 0.1) is 11.3 Å². The summed E-state index contributed by atoms with van der Waals surface area (Å²) < 4.78 is 29.7. The molecule has 0 saturated heterocycles. The minimum atomic E-state index is -2.53. The summed E-state index contributed by atoms with van der Waals surface area (Å²) in [5.74, 6) is 0. The van der Waals surface area contributed by atoms with Crippen LogP contribution in [0.2, 0.25) is 5.02 Å². The topological polar surface area (TPSA) is 93.5 Å². The predicted octanol–water partition coefficient (Wildman–Crippen LogP) is 2.85. The van der Waals surface area contributed by atoms with E-state index in [2.05, 4.69) is 0 Å². The smallest absolute Gasteiger partial charge is 0.293 e. The maximum absolute atomic E-state index is 11.9. The minimum absolute atomic E-state index is 0.201. The summed E-state index contributed by atoms with van der Waals surface area (Å²) in [4.78, 5) is 10.3. The zero-order chi connectivity index (χ0) is 17.5. The van der Waals surface area contributed by atoms with Crippen molar-refractivity contribution in [3.63, 3.8) is 0 Å². The van der Waals surface area contributed by atoms with E-state index in [0.29, 0.717) is 30.6 Å². The average Bonchev–Trinajstić information content (AvgIpc) is 2.57. The Morgan fingerprint density at radius 3 is 2.96 bits per heavy atom. The molecule has 1 aliphatic rings. The van der Waals surface area contributed by atoms with Gasteiger partial charge in [0.1, 0.15) is 0 Å². The van der Waals surface area contributed by atoms with Gasteiger partial charge in [0.2, 0.25) is 0 Å². The number of carbonyl (C=O) groups is 1. The van der Waals surface area contributed by atoms with Gasteiger partial charge in [-0.05, 0) is 43.0 Å². The summed E-state index contributed by atoms with van der Waals surface area (Å²) in [7, 11) is 0. The summed E-state index contributed by atoms with van der Waals surface area (Å²) >= 11 is 3.65. The number of carbonyl (C=O) groups excluding carboxylic acids is 1. The van der Waals surface area contributed by atoms with Crippen molar-refractivity contribution in [3.8, 4) is 6.07 Å². The van der Waals surface area contributed by atoms with Crippen molar-refractivity contribution in [2.75, 3.05) is 10.9 Å². The number of nitriles is 1. The first-order valence-electron chi connectivity index (χ1n) is 7.41. The van der Waals surface area contributed by atoms with Crippen molar-refractivity contribution in [1.82, 2.24) is 0 Å². The Morgan fingerprint density at radius 2 is 2.33 bits per heavy atom. The Labute approximate surface area is 148 Å². The minimum Gasteiger partial charge on any atom is -0.755 e. The van der Waals surface area contributed by atoms with Crippen LogP contribution in [0.5, 0.6) is 0 Å². The number of hydrogen-bond donors (Lipinski definition) is 0. The van der Waals surface area contributed by atoms with Crippen molar-refractivity contribution in [3.05, 3.63) is 40.4 Å². The molecule has 1 aromatic carbocycles. The van der Waals surface area contributed by atoms with Gasteiger partial charge in [-0.15, -0.1) is 0 Å². The van der Waals surface area contributed by atoms with Crippen molar-refractivity contribution in [1.29, 1.82) is 5.26 Å². The van der Waals surface area contributed by atoms with Gasteiger partial charge in [-0.2, -0.15) is 5.26 Å². The van der Waals surface area contributed by atoms with Crippen molar-refractivity contribution >= 4 is 35.0 Å². The van der Waals surface area contributed by atoms with Crippen LogP contribution in [0.4, 0.5) is 5.69 Å². The van der Waals surface area contributed by atoms with E-state index in [1.165, 1.54) is 22.5 Å². The van der Waals surface area contributed by atoms with Gasteiger partial charge < -0.3 is 9.29 Å². The van der Waals surface area contributed by atoms with Crippen LogP contribution < -0.4 is 4.31 Å². The molecule has 0 heterocycles. The molecular formula is C16H16ClN2O4S-. The molecule has 0 radical (unpaired) electrons. The standard InChI is InChI=1S/C16H17ClN2O4S/c17-14-9-12(10-18)5-6-16(14)19(24(21)22)15-4-2-1-3-13(15)7-8-23-11-20/h3,5-6,9,11,15H,1-2,4,7-8H2,(H,21,22)/p-1. The normalized spacial score (nSPS) is 18.2. The molecule has 24 heavy (non-hydrogen) atoms. The number of allylic oxidation sites excluding steroid dienone is 1. The van der Waals surface area contributed by atoms with Gasteiger partial charge in [0.15, 0.2) is 0 Å². The molecule has 0 fully saturated rings. The second-order valence-corrected chi connectivity index (χ2v) is 6.50. The fraction of sp³-hybridized carbons (Fsp3) is 0.375. The Bertz CT molecular complexity index is 702. The fourth-order valence-electron chi connectivity index (χ4n) is 2.79. The summed E-state index contributed by atoms with van der Waals surface area (Å²) in [6.45, 7) is 0.575. The lowest BCUT2D eigenvalue weighted by Crippen LogP contribution is -2.39. The number of anilines is 1. The number of nitrogens with zero attached hydrogens (tertiary/aromatic N) is 2. The summed E-state index contributed by atoms with van der Waals surface area (Å²) in [6.07, 6.45) is 4.81. The highest BCUT2D eigenvalue weighted by Crippen LogP contribution is 2.35. The molecule has 0 aliphatic heterocycles. The number of benzene rings is 1. The predicted molar refractivity (Wildman–Crippen MR) is 89.9 cm³/mol. The largest absolute Gasteiger partial charge is 0.755 e. The Hall–Kier alpha value is -1.88. The first-order valence-corrected chi connectivity index (χ1v) is 8.82. The van der Waals surface area contributed by atoms with Crippen LogP contribution in [0.25, 0.3) is 0 Å². The third-order valence-corrected chi connectivity index (χ3v) is 4.93. The SMILES string of the molecule is N#Cc1ccc(N(C2CCCC=C2CCOC=O)S(=O)[O-])c(Cl)c1. The molecule has 0 saturated carbocycles. The zero-order valence-electron chi connectivity index (χ0n) is 12.8. The molecule has 0 bridgehead atoms. The first-order chi connectivity index (χ1) is 11.6. The van der Waals surface area contributed by atoms with Gasteiger partial charge in [0.05, 0.1) is 35.0 Å². The van der Waals surface area contributed by atoms with Gasteiger partial charge in [0.25, 0.3) is 6.47 Å². The van der Waals surface area contributed by atoms with Crippen LogP contribution in [-0.4, -0.2) is 27.9 Å². The van der Waals surface area contributed by atoms with E-state index in [0.717, 1.165) is 18.4 Å². The lowest BCUT2D eigenvalue weighted by molar-refractivity contribution is -0.128. The van der Waals surface area contributed by atoms with Crippen molar-refractivity contribution in [2.45, 2.75) is 31.7 Å². The average molecular weight is 368 g/mol. The Morgan fingerprint density at radius 1 is 1.54 bits per heavy atom. The third kappa shape index (κ3) is 4.35. The van der Waals surface area contributed by atoms with Crippen molar-refractivity contribution in [2.24, 2.45) is 0 Å². The molecule has 8 heteroatoms. The summed E-state index contributed by atoms with van der Waals surface area (Å²) in [5, 5.41) is 9.12.